The minimum atomic E-state index is -0.278. The molecule has 1 aliphatic rings. The summed E-state index contributed by atoms with van der Waals surface area (Å²) in [4.78, 5) is 29.8. The van der Waals surface area contributed by atoms with Crippen molar-refractivity contribution < 1.29 is 14.3 Å². The molecule has 1 heterocycles. The molecule has 0 spiro atoms. The van der Waals surface area contributed by atoms with Crippen LogP contribution in [0, 0.1) is 5.92 Å². The lowest BCUT2D eigenvalue weighted by molar-refractivity contribution is 0.0664. The van der Waals surface area contributed by atoms with Gasteiger partial charge >= 0.3 is 0 Å². The van der Waals surface area contributed by atoms with Gasteiger partial charge in [0.1, 0.15) is 5.75 Å². The molecule has 0 aliphatic carbocycles. The van der Waals surface area contributed by atoms with Crippen molar-refractivity contribution in [3.8, 4) is 5.75 Å². The quantitative estimate of drug-likeness (QED) is 0.684. The average molecular weight is 474 g/mol. The normalized spacial score (nSPS) is 14.6. The molecule has 1 saturated heterocycles. The summed E-state index contributed by atoms with van der Waals surface area (Å²) in [5.74, 6) is 0.595. The second-order valence-electron chi connectivity index (χ2n) is 7.98. The van der Waals surface area contributed by atoms with E-state index < -0.39 is 0 Å². The van der Waals surface area contributed by atoms with Crippen LogP contribution in [0.25, 0.3) is 0 Å². The number of amides is 2. The van der Waals surface area contributed by atoms with Crippen LogP contribution in [-0.4, -0.2) is 61.4 Å². The monoisotopic (exact) mass is 473 g/mol. The molecule has 6 nitrogen and oxygen atoms in total. The van der Waals surface area contributed by atoms with E-state index in [-0.39, 0.29) is 11.8 Å². The number of nitrogens with zero attached hydrogens (tertiary/aromatic N) is 2. The lowest BCUT2D eigenvalue weighted by atomic mass is 10.1. The van der Waals surface area contributed by atoms with Crippen LogP contribution < -0.4 is 10.1 Å². The first-order chi connectivity index (χ1) is 14.3. The Morgan fingerprint density at radius 1 is 1.10 bits per heavy atom. The number of ether oxygens (including phenoxy) is 1. The highest BCUT2D eigenvalue weighted by Crippen LogP contribution is 2.25. The van der Waals surface area contributed by atoms with E-state index >= 15 is 0 Å². The number of halogens is 1. The van der Waals surface area contributed by atoms with Gasteiger partial charge in [-0.15, -0.1) is 0 Å². The Morgan fingerprint density at radius 2 is 1.83 bits per heavy atom. The van der Waals surface area contributed by atoms with Crippen molar-refractivity contribution >= 4 is 33.4 Å². The molecule has 1 aliphatic heterocycles. The van der Waals surface area contributed by atoms with Gasteiger partial charge < -0.3 is 19.9 Å². The van der Waals surface area contributed by atoms with Crippen LogP contribution in [0.3, 0.4) is 0 Å². The maximum absolute atomic E-state index is 12.9. The van der Waals surface area contributed by atoms with Gasteiger partial charge in [-0.1, -0.05) is 35.8 Å². The Morgan fingerprint density at radius 3 is 2.53 bits per heavy atom. The van der Waals surface area contributed by atoms with Crippen LogP contribution in [0.2, 0.25) is 0 Å². The number of hydrogen-bond acceptors (Lipinski definition) is 4. The maximum Gasteiger partial charge on any atom is 0.259 e. The molecule has 0 radical (unpaired) electrons. The van der Waals surface area contributed by atoms with E-state index in [0.717, 1.165) is 17.6 Å². The first-order valence-electron chi connectivity index (χ1n) is 10.1. The summed E-state index contributed by atoms with van der Waals surface area (Å²) in [6.45, 7) is 7.79. The van der Waals surface area contributed by atoms with Gasteiger partial charge in [0.15, 0.2) is 0 Å². The second kappa shape index (κ2) is 10.1. The van der Waals surface area contributed by atoms with Crippen LogP contribution in [0.1, 0.15) is 34.6 Å². The highest BCUT2D eigenvalue weighted by atomic mass is 79.9. The molecule has 0 unspecified atom stereocenters. The van der Waals surface area contributed by atoms with Gasteiger partial charge in [-0.3, -0.25) is 9.59 Å². The molecule has 160 valence electrons. The predicted molar refractivity (Wildman–Crippen MR) is 122 cm³/mol. The second-order valence-corrected chi connectivity index (χ2v) is 8.89. The van der Waals surface area contributed by atoms with Crippen molar-refractivity contribution in [2.45, 2.75) is 13.8 Å². The number of carbonyl (C=O) groups excluding carboxylic acids is 2. The smallest absolute Gasteiger partial charge is 0.259 e. The molecular weight excluding hydrogens is 446 g/mol. The molecule has 0 bridgehead atoms. The Bertz CT molecular complexity index is 908. The molecular formula is C23H28BrN3O3. The van der Waals surface area contributed by atoms with Crippen molar-refractivity contribution in [3.63, 3.8) is 0 Å². The number of piperazine rings is 1. The van der Waals surface area contributed by atoms with E-state index in [0.29, 0.717) is 48.2 Å². The van der Waals surface area contributed by atoms with Gasteiger partial charge in [0.05, 0.1) is 12.2 Å². The van der Waals surface area contributed by atoms with Gasteiger partial charge in [-0.2, -0.15) is 0 Å². The fraction of sp³-hybridized carbons (Fsp3) is 0.391. The number of nitrogens with one attached hydrogen (secondary N) is 1. The number of likely N-dealkylation sites (N-methyl/N-ethyl adjacent to an activating group) is 1. The zero-order valence-electron chi connectivity index (χ0n) is 17.7. The lowest BCUT2D eigenvalue weighted by Crippen LogP contribution is -2.47. The summed E-state index contributed by atoms with van der Waals surface area (Å²) in [5.41, 5.74) is 1.60. The minimum absolute atomic E-state index is 0.0115. The largest absolute Gasteiger partial charge is 0.492 e. The Hall–Kier alpha value is -2.38. The fourth-order valence-corrected chi connectivity index (χ4v) is 3.54. The Kier molecular flexibility index (Phi) is 7.50. The van der Waals surface area contributed by atoms with Gasteiger partial charge in [-0.25, -0.2) is 0 Å². The molecule has 3 rings (SSSR count). The van der Waals surface area contributed by atoms with Crippen LogP contribution in [-0.2, 0) is 0 Å². The van der Waals surface area contributed by atoms with E-state index in [4.69, 9.17) is 4.74 Å². The zero-order valence-corrected chi connectivity index (χ0v) is 19.2. The summed E-state index contributed by atoms with van der Waals surface area (Å²) in [5, 5.41) is 2.90. The number of carbonyl (C=O) groups is 2. The SMILES string of the molecule is CC(C)COc1ccc(Br)cc1C(=O)Nc1cccc(C(=O)N2CCN(C)CC2)c1. The minimum Gasteiger partial charge on any atom is -0.492 e. The fourth-order valence-electron chi connectivity index (χ4n) is 3.18. The maximum atomic E-state index is 12.9. The summed E-state index contributed by atoms with van der Waals surface area (Å²) in [6.07, 6.45) is 0. The predicted octanol–water partition coefficient (Wildman–Crippen LogP) is 4.12. The van der Waals surface area contributed by atoms with Crippen LogP contribution >= 0.6 is 15.9 Å². The van der Waals surface area contributed by atoms with Gasteiger partial charge in [0.2, 0.25) is 0 Å². The average Bonchev–Trinajstić information content (AvgIpc) is 2.73. The highest BCUT2D eigenvalue weighted by Gasteiger charge is 2.21. The van der Waals surface area contributed by atoms with E-state index in [1.54, 1.807) is 36.4 Å². The first kappa shape index (κ1) is 22.3. The van der Waals surface area contributed by atoms with Crippen LogP contribution in [0.4, 0.5) is 5.69 Å². The number of benzene rings is 2. The van der Waals surface area contributed by atoms with E-state index in [9.17, 15) is 9.59 Å². The molecule has 30 heavy (non-hydrogen) atoms. The third kappa shape index (κ3) is 5.83. The van der Waals surface area contributed by atoms with Crippen molar-refractivity contribution in [1.82, 2.24) is 9.80 Å². The van der Waals surface area contributed by atoms with Crippen molar-refractivity contribution in [1.29, 1.82) is 0 Å². The first-order valence-corrected chi connectivity index (χ1v) is 10.9. The Labute approximate surface area is 186 Å². The third-order valence-electron chi connectivity index (χ3n) is 4.92. The van der Waals surface area contributed by atoms with Crippen molar-refractivity contribution in [2.24, 2.45) is 5.92 Å². The number of rotatable bonds is 6. The third-order valence-corrected chi connectivity index (χ3v) is 5.41. The lowest BCUT2D eigenvalue weighted by Gasteiger charge is -2.32. The molecule has 1 fully saturated rings. The van der Waals surface area contributed by atoms with Gasteiger partial charge in [0.25, 0.3) is 11.8 Å². The van der Waals surface area contributed by atoms with E-state index in [1.165, 1.54) is 0 Å². The van der Waals surface area contributed by atoms with E-state index in [1.807, 2.05) is 11.0 Å². The van der Waals surface area contributed by atoms with Crippen molar-refractivity contribution in [2.75, 3.05) is 45.2 Å². The molecule has 2 aromatic carbocycles. The molecule has 2 amide bonds. The van der Waals surface area contributed by atoms with E-state index in [2.05, 4.69) is 47.0 Å². The molecule has 0 aromatic heterocycles. The molecule has 0 atom stereocenters. The van der Waals surface area contributed by atoms with Gasteiger partial charge in [-0.05, 0) is 49.4 Å². The Balaban J connectivity index is 1.74. The summed E-state index contributed by atoms with van der Waals surface area (Å²) >= 11 is 3.42. The number of hydrogen-bond donors (Lipinski definition) is 1. The van der Waals surface area contributed by atoms with Crippen molar-refractivity contribution in [3.05, 3.63) is 58.1 Å². The topological polar surface area (TPSA) is 61.9 Å². The van der Waals surface area contributed by atoms with Crippen LogP contribution in [0.15, 0.2) is 46.9 Å². The molecule has 1 N–H and O–H groups in total. The van der Waals surface area contributed by atoms with Gasteiger partial charge in [0, 0.05) is 41.9 Å². The standard InChI is InChI=1S/C23H28BrN3O3/c1-16(2)15-30-21-8-7-18(24)14-20(21)22(28)25-19-6-4-5-17(13-19)23(29)27-11-9-26(3)10-12-27/h4-8,13-14,16H,9-12,15H2,1-3H3,(H,25,28). The summed E-state index contributed by atoms with van der Waals surface area (Å²) in [6, 6.07) is 12.5. The molecule has 0 saturated carbocycles. The summed E-state index contributed by atoms with van der Waals surface area (Å²) < 4.78 is 6.61. The molecule has 2 aromatic rings. The summed E-state index contributed by atoms with van der Waals surface area (Å²) in [7, 11) is 2.05. The number of anilines is 1. The highest BCUT2D eigenvalue weighted by molar-refractivity contribution is 9.10. The molecule has 7 heteroatoms. The zero-order chi connectivity index (χ0) is 21.7. The van der Waals surface area contributed by atoms with Crippen LogP contribution in [0.5, 0.6) is 5.75 Å².